The molecule has 1 aromatic heterocycles. The number of carbonyl (C=O) groups excluding carboxylic acids is 1. The third kappa shape index (κ3) is 3.05. The molecule has 2 rings (SSSR count). The van der Waals surface area contributed by atoms with Crippen molar-refractivity contribution in [3.63, 3.8) is 0 Å². The Kier molecular flexibility index (Phi) is 4.06. The quantitative estimate of drug-likeness (QED) is 0.901. The zero-order valence-corrected chi connectivity index (χ0v) is 11.3. The molecule has 100 valence electrons. The fourth-order valence-electron chi connectivity index (χ4n) is 1.58. The van der Waals surface area contributed by atoms with Crippen molar-refractivity contribution in [2.24, 2.45) is 0 Å². The van der Waals surface area contributed by atoms with Gasteiger partial charge >= 0.3 is 0 Å². The highest BCUT2D eigenvalue weighted by molar-refractivity contribution is 7.17. The van der Waals surface area contributed by atoms with E-state index in [-0.39, 0.29) is 16.7 Å². The Labute approximate surface area is 113 Å². The Morgan fingerprint density at radius 3 is 2.74 bits per heavy atom. The van der Waals surface area contributed by atoms with Crippen LogP contribution in [0.5, 0.6) is 0 Å². The summed E-state index contributed by atoms with van der Waals surface area (Å²) in [6.07, 6.45) is 0. The molecule has 5 nitrogen and oxygen atoms in total. The van der Waals surface area contributed by atoms with E-state index in [0.717, 1.165) is 11.3 Å². The van der Waals surface area contributed by atoms with Gasteiger partial charge in [-0.2, -0.15) is 0 Å². The van der Waals surface area contributed by atoms with Crippen molar-refractivity contribution in [3.05, 3.63) is 40.7 Å². The van der Waals surface area contributed by atoms with Crippen molar-refractivity contribution in [2.75, 3.05) is 12.4 Å². The average Bonchev–Trinajstić information content (AvgIpc) is 2.88. The summed E-state index contributed by atoms with van der Waals surface area (Å²) < 4.78 is 13.6. The summed E-state index contributed by atoms with van der Waals surface area (Å²) in [5.74, 6) is -0.710. The summed E-state index contributed by atoms with van der Waals surface area (Å²) in [5, 5.41) is 13.8. The van der Waals surface area contributed by atoms with Crippen molar-refractivity contribution in [2.45, 2.75) is 13.0 Å². The van der Waals surface area contributed by atoms with Crippen LogP contribution in [-0.2, 0) is 0 Å². The van der Waals surface area contributed by atoms with Crippen LogP contribution in [0.2, 0.25) is 0 Å². The molecule has 0 radical (unpaired) electrons. The summed E-state index contributed by atoms with van der Waals surface area (Å²) in [5.41, 5.74) is 0.439. The first-order valence-corrected chi connectivity index (χ1v) is 6.50. The lowest BCUT2D eigenvalue weighted by atomic mass is 10.1. The highest BCUT2D eigenvalue weighted by atomic mass is 32.1. The molecule has 0 spiro atoms. The largest absolute Gasteiger partial charge is 0.363 e. The van der Waals surface area contributed by atoms with Crippen LogP contribution < -0.4 is 10.6 Å². The van der Waals surface area contributed by atoms with E-state index in [9.17, 15) is 9.18 Å². The van der Waals surface area contributed by atoms with Gasteiger partial charge in [-0.1, -0.05) is 29.5 Å². The number of benzene rings is 1. The van der Waals surface area contributed by atoms with Crippen LogP contribution in [0.25, 0.3) is 0 Å². The molecule has 0 saturated heterocycles. The lowest BCUT2D eigenvalue weighted by Crippen LogP contribution is -2.27. The monoisotopic (exact) mass is 280 g/mol. The van der Waals surface area contributed by atoms with Crippen LogP contribution in [0.3, 0.4) is 0 Å². The predicted octanol–water partition coefficient (Wildman–Crippen LogP) is 2.21. The number of hydrogen-bond donors (Lipinski definition) is 2. The van der Waals surface area contributed by atoms with E-state index in [1.807, 2.05) is 0 Å². The molecule has 0 aliphatic rings. The highest BCUT2D eigenvalue weighted by Gasteiger charge is 2.17. The molecular formula is C12H13FN4OS. The first-order chi connectivity index (χ1) is 9.11. The van der Waals surface area contributed by atoms with Crippen LogP contribution in [0, 0.1) is 5.82 Å². The Morgan fingerprint density at radius 2 is 2.11 bits per heavy atom. The SMILES string of the molecule is CNc1nnc(C(=O)NC(C)c2ccccc2F)s1. The standard InChI is InChI=1S/C12H13FN4OS/c1-7(8-5-3-4-6-9(8)13)15-10(18)11-16-17-12(14-2)19-11/h3-7H,1-2H3,(H,14,17)(H,15,18). The zero-order chi connectivity index (χ0) is 13.8. The lowest BCUT2D eigenvalue weighted by molar-refractivity contribution is 0.0938. The Balaban J connectivity index is 2.08. The third-order valence-corrected chi connectivity index (χ3v) is 3.49. The topological polar surface area (TPSA) is 66.9 Å². The maximum atomic E-state index is 13.6. The van der Waals surface area contributed by atoms with Crippen LogP contribution in [0.15, 0.2) is 24.3 Å². The summed E-state index contributed by atoms with van der Waals surface area (Å²) in [4.78, 5) is 11.9. The van der Waals surface area contributed by atoms with Gasteiger partial charge in [0.1, 0.15) is 5.82 Å². The Hall–Kier alpha value is -2.02. The van der Waals surface area contributed by atoms with Crippen molar-refractivity contribution < 1.29 is 9.18 Å². The molecule has 2 aromatic rings. The van der Waals surface area contributed by atoms with Crippen molar-refractivity contribution in [1.29, 1.82) is 0 Å². The number of halogens is 1. The maximum absolute atomic E-state index is 13.6. The van der Waals surface area contributed by atoms with E-state index < -0.39 is 6.04 Å². The minimum Gasteiger partial charge on any atom is -0.363 e. The molecule has 0 bridgehead atoms. The number of aromatic nitrogens is 2. The third-order valence-electron chi connectivity index (χ3n) is 2.55. The van der Waals surface area contributed by atoms with Gasteiger partial charge in [-0.05, 0) is 13.0 Å². The molecular weight excluding hydrogens is 267 g/mol. The van der Waals surface area contributed by atoms with Gasteiger partial charge in [0.15, 0.2) is 0 Å². The second kappa shape index (κ2) is 5.75. The number of rotatable bonds is 4. The van der Waals surface area contributed by atoms with Crippen molar-refractivity contribution in [1.82, 2.24) is 15.5 Å². The molecule has 1 unspecified atom stereocenters. The molecule has 1 atom stereocenters. The van der Waals surface area contributed by atoms with Gasteiger partial charge in [-0.3, -0.25) is 4.79 Å². The van der Waals surface area contributed by atoms with Crippen LogP contribution in [0.4, 0.5) is 9.52 Å². The number of anilines is 1. The molecule has 1 aromatic carbocycles. The molecule has 0 fully saturated rings. The maximum Gasteiger partial charge on any atom is 0.282 e. The smallest absolute Gasteiger partial charge is 0.282 e. The molecule has 1 heterocycles. The van der Waals surface area contributed by atoms with E-state index >= 15 is 0 Å². The van der Waals surface area contributed by atoms with Gasteiger partial charge in [0.05, 0.1) is 6.04 Å². The predicted molar refractivity (Wildman–Crippen MR) is 71.7 cm³/mol. The highest BCUT2D eigenvalue weighted by Crippen LogP contribution is 2.18. The normalized spacial score (nSPS) is 11.9. The van der Waals surface area contributed by atoms with Crippen LogP contribution in [-0.4, -0.2) is 23.2 Å². The van der Waals surface area contributed by atoms with E-state index in [1.54, 1.807) is 32.2 Å². The fraction of sp³-hybridized carbons (Fsp3) is 0.250. The van der Waals surface area contributed by atoms with Crippen molar-refractivity contribution >= 4 is 22.4 Å². The van der Waals surface area contributed by atoms with Gasteiger partial charge in [-0.15, -0.1) is 10.2 Å². The Morgan fingerprint density at radius 1 is 1.37 bits per heavy atom. The second-order valence-corrected chi connectivity index (χ2v) is 4.86. The summed E-state index contributed by atoms with van der Waals surface area (Å²) >= 11 is 1.14. The van der Waals surface area contributed by atoms with Gasteiger partial charge in [0.2, 0.25) is 10.1 Å². The summed E-state index contributed by atoms with van der Waals surface area (Å²) in [6.45, 7) is 1.72. The molecule has 2 N–H and O–H groups in total. The fourth-order valence-corrected chi connectivity index (χ4v) is 2.18. The molecule has 19 heavy (non-hydrogen) atoms. The zero-order valence-electron chi connectivity index (χ0n) is 10.5. The van der Waals surface area contributed by atoms with Crippen LogP contribution in [0.1, 0.15) is 28.3 Å². The van der Waals surface area contributed by atoms with Crippen molar-refractivity contribution in [3.8, 4) is 0 Å². The molecule has 7 heteroatoms. The van der Waals surface area contributed by atoms with E-state index in [0.29, 0.717) is 10.7 Å². The average molecular weight is 280 g/mol. The minimum absolute atomic E-state index is 0.243. The number of nitrogens with one attached hydrogen (secondary N) is 2. The summed E-state index contributed by atoms with van der Waals surface area (Å²) in [6, 6.07) is 5.90. The molecule has 0 saturated carbocycles. The number of carbonyl (C=O) groups is 1. The Bertz CT molecular complexity index is 587. The van der Waals surface area contributed by atoms with Gasteiger partial charge in [0, 0.05) is 12.6 Å². The minimum atomic E-state index is -0.435. The number of hydrogen-bond acceptors (Lipinski definition) is 5. The van der Waals surface area contributed by atoms with E-state index in [4.69, 9.17) is 0 Å². The lowest BCUT2D eigenvalue weighted by Gasteiger charge is -2.13. The van der Waals surface area contributed by atoms with Gasteiger partial charge in [-0.25, -0.2) is 4.39 Å². The number of amides is 1. The molecule has 1 amide bonds. The van der Waals surface area contributed by atoms with Crippen LogP contribution >= 0.6 is 11.3 Å². The van der Waals surface area contributed by atoms with E-state index in [2.05, 4.69) is 20.8 Å². The molecule has 0 aliphatic heterocycles. The van der Waals surface area contributed by atoms with Gasteiger partial charge < -0.3 is 10.6 Å². The molecule has 0 aliphatic carbocycles. The first kappa shape index (κ1) is 13.4. The number of nitrogens with zero attached hydrogens (tertiary/aromatic N) is 2. The second-order valence-electron chi connectivity index (χ2n) is 3.88. The van der Waals surface area contributed by atoms with Gasteiger partial charge in [0.25, 0.3) is 5.91 Å². The summed E-state index contributed by atoms with van der Waals surface area (Å²) in [7, 11) is 1.70. The van der Waals surface area contributed by atoms with E-state index in [1.165, 1.54) is 6.07 Å². The first-order valence-electron chi connectivity index (χ1n) is 5.68.